The highest BCUT2D eigenvalue weighted by atomic mass is 79.9. The van der Waals surface area contributed by atoms with Crippen LogP contribution in [0.2, 0.25) is 5.02 Å². The maximum atomic E-state index is 11.6. The lowest BCUT2D eigenvalue weighted by atomic mass is 10.0. The maximum absolute atomic E-state index is 11.6. The number of esters is 1. The van der Waals surface area contributed by atoms with Crippen LogP contribution in [0.15, 0.2) is 48.5 Å². The van der Waals surface area contributed by atoms with Crippen LogP contribution >= 0.6 is 11.6 Å². The molecule has 0 atom stereocenters. The number of anilines is 1. The van der Waals surface area contributed by atoms with E-state index in [2.05, 4.69) is 5.10 Å². The first-order chi connectivity index (χ1) is 12.6. The predicted octanol–water partition coefficient (Wildman–Crippen LogP) is 0.772. The zero-order valence-electron chi connectivity index (χ0n) is 15.0. The first kappa shape index (κ1) is 21.1. The minimum Gasteiger partial charge on any atom is -1.00 e. The Balaban J connectivity index is 0.00000261. The van der Waals surface area contributed by atoms with Gasteiger partial charge in [0.15, 0.2) is 12.4 Å². The molecule has 0 radical (unpaired) electrons. The molecule has 0 saturated carbocycles. The van der Waals surface area contributed by atoms with Crippen LogP contribution < -0.4 is 27.4 Å². The zero-order chi connectivity index (χ0) is 18.5. The summed E-state index contributed by atoms with van der Waals surface area (Å²) in [5, 5.41) is 7.14. The van der Waals surface area contributed by atoms with Crippen LogP contribution in [0.4, 0.5) is 5.82 Å². The number of ether oxygens (including phenoxy) is 1. The molecule has 27 heavy (non-hydrogen) atoms. The van der Waals surface area contributed by atoms with Crippen molar-refractivity contribution in [3.05, 3.63) is 53.6 Å². The second-order valence-electron chi connectivity index (χ2n) is 5.92. The van der Waals surface area contributed by atoms with Crippen LogP contribution in [-0.4, -0.2) is 17.7 Å². The van der Waals surface area contributed by atoms with E-state index in [1.807, 2.05) is 53.2 Å². The van der Waals surface area contributed by atoms with Gasteiger partial charge in [-0.1, -0.05) is 34.5 Å². The minimum atomic E-state index is -0.199. The number of hydrogen-bond donors (Lipinski definition) is 1. The Morgan fingerprint density at radius 2 is 1.81 bits per heavy atom. The smallest absolute Gasteiger partial charge is 0.306 e. The van der Waals surface area contributed by atoms with Crippen molar-refractivity contribution in [2.75, 3.05) is 12.3 Å². The molecule has 0 aliphatic rings. The second-order valence-corrected chi connectivity index (χ2v) is 6.35. The SMILES string of the molecule is CCOC(=O)CCC[n+]1nc(N)c2ccccc2c1-c1ccc(Cl)cc1.[Br-]. The monoisotopic (exact) mass is 449 g/mol. The van der Waals surface area contributed by atoms with Gasteiger partial charge in [-0.25, -0.2) is 0 Å². The van der Waals surface area contributed by atoms with Crippen molar-refractivity contribution in [2.45, 2.75) is 26.3 Å². The lowest BCUT2D eigenvalue weighted by Crippen LogP contribution is -3.00. The summed E-state index contributed by atoms with van der Waals surface area (Å²) in [4.78, 5) is 11.6. The van der Waals surface area contributed by atoms with Crippen molar-refractivity contribution in [1.29, 1.82) is 0 Å². The van der Waals surface area contributed by atoms with Crippen LogP contribution in [0.3, 0.4) is 0 Å². The normalized spacial score (nSPS) is 10.4. The third kappa shape index (κ3) is 4.96. The molecule has 5 nitrogen and oxygen atoms in total. The van der Waals surface area contributed by atoms with E-state index in [1.165, 1.54) is 0 Å². The fourth-order valence-electron chi connectivity index (χ4n) is 2.97. The third-order valence-corrected chi connectivity index (χ3v) is 4.37. The van der Waals surface area contributed by atoms with E-state index in [-0.39, 0.29) is 23.0 Å². The highest BCUT2D eigenvalue weighted by Gasteiger charge is 2.22. The van der Waals surface area contributed by atoms with Gasteiger partial charge in [0.05, 0.1) is 18.4 Å². The second kappa shape index (κ2) is 9.67. The fourth-order valence-corrected chi connectivity index (χ4v) is 3.09. The number of halogens is 2. The van der Waals surface area contributed by atoms with E-state index in [9.17, 15) is 4.79 Å². The quantitative estimate of drug-likeness (QED) is 0.445. The summed E-state index contributed by atoms with van der Waals surface area (Å²) in [7, 11) is 0. The molecule has 7 heteroatoms. The number of hydrogen-bond acceptors (Lipinski definition) is 4. The Bertz CT molecular complexity index is 932. The number of fused-ring (bicyclic) bond motifs is 1. The number of benzene rings is 2. The Hall–Kier alpha value is -2.18. The number of carbonyl (C=O) groups is 1. The summed E-state index contributed by atoms with van der Waals surface area (Å²) in [5.41, 5.74) is 8.11. The molecule has 142 valence electrons. The molecular formula is C20H21BrClN3O2. The highest BCUT2D eigenvalue weighted by Crippen LogP contribution is 2.28. The van der Waals surface area contributed by atoms with Crippen molar-refractivity contribution in [1.82, 2.24) is 5.10 Å². The standard InChI is InChI=1S/C20H21ClN3O2.BrH/c1-2-26-18(25)8-5-13-24-19(14-9-11-15(21)12-10-14)16-6-3-4-7-17(16)20(22)23-24;/h3-4,6-7,9-12H,2,5,8,13H2,1H3,(H2,22,23);1H/q+1;/p-1. The van der Waals surface area contributed by atoms with Crippen molar-refractivity contribution in [2.24, 2.45) is 0 Å². The Morgan fingerprint density at radius 3 is 2.48 bits per heavy atom. The van der Waals surface area contributed by atoms with Crippen LogP contribution in [0.1, 0.15) is 19.8 Å². The van der Waals surface area contributed by atoms with Gasteiger partial charge in [-0.15, -0.1) is 0 Å². The Kier molecular flexibility index (Phi) is 7.56. The van der Waals surface area contributed by atoms with Gasteiger partial charge in [-0.3, -0.25) is 4.79 Å². The lowest BCUT2D eigenvalue weighted by Gasteiger charge is -2.08. The van der Waals surface area contributed by atoms with Crippen molar-refractivity contribution in [3.63, 3.8) is 0 Å². The molecule has 0 saturated heterocycles. The summed E-state index contributed by atoms with van der Waals surface area (Å²) in [5.74, 6) is 0.268. The summed E-state index contributed by atoms with van der Waals surface area (Å²) in [6.45, 7) is 2.76. The molecule has 2 aromatic carbocycles. The van der Waals surface area contributed by atoms with E-state index in [0.29, 0.717) is 36.8 Å². The number of aryl methyl sites for hydroxylation is 1. The van der Waals surface area contributed by atoms with E-state index >= 15 is 0 Å². The zero-order valence-corrected chi connectivity index (χ0v) is 17.3. The van der Waals surface area contributed by atoms with Crippen LogP contribution in [0.5, 0.6) is 0 Å². The van der Waals surface area contributed by atoms with Gasteiger partial charge in [-0.05, 0) is 37.3 Å². The molecule has 0 fully saturated rings. The highest BCUT2D eigenvalue weighted by molar-refractivity contribution is 6.30. The van der Waals surface area contributed by atoms with E-state index < -0.39 is 0 Å². The summed E-state index contributed by atoms with van der Waals surface area (Å²) in [6, 6.07) is 15.5. The molecule has 0 amide bonds. The number of rotatable bonds is 6. The van der Waals surface area contributed by atoms with E-state index in [4.69, 9.17) is 22.1 Å². The molecule has 0 unspecified atom stereocenters. The average molecular weight is 451 g/mol. The number of nitrogen functional groups attached to an aromatic ring is 1. The average Bonchev–Trinajstić information content (AvgIpc) is 2.63. The number of nitrogens with two attached hydrogens (primary N) is 1. The maximum Gasteiger partial charge on any atom is 0.306 e. The molecule has 0 spiro atoms. The predicted molar refractivity (Wildman–Crippen MR) is 103 cm³/mol. The minimum absolute atomic E-state index is 0. The largest absolute Gasteiger partial charge is 1.00 e. The van der Waals surface area contributed by atoms with Gasteiger partial charge in [0.1, 0.15) is 0 Å². The molecule has 3 aromatic rings. The molecule has 2 N–H and O–H groups in total. The van der Waals surface area contributed by atoms with Gasteiger partial charge in [0.25, 0.3) is 0 Å². The van der Waals surface area contributed by atoms with Crippen molar-refractivity contribution < 1.29 is 31.2 Å². The third-order valence-electron chi connectivity index (χ3n) is 4.12. The van der Waals surface area contributed by atoms with Crippen LogP contribution in [-0.2, 0) is 16.1 Å². The molecule has 0 aliphatic heterocycles. The Labute approximate surface area is 173 Å². The Morgan fingerprint density at radius 1 is 1.15 bits per heavy atom. The summed E-state index contributed by atoms with van der Waals surface area (Å²) < 4.78 is 6.86. The van der Waals surface area contributed by atoms with Crippen molar-refractivity contribution in [3.8, 4) is 11.3 Å². The fraction of sp³-hybridized carbons (Fsp3) is 0.250. The molecule has 0 aliphatic carbocycles. The van der Waals surface area contributed by atoms with Gasteiger partial charge in [0.2, 0.25) is 5.69 Å². The van der Waals surface area contributed by atoms with Crippen LogP contribution in [0, 0.1) is 0 Å². The van der Waals surface area contributed by atoms with Gasteiger partial charge in [-0.2, -0.15) is 0 Å². The van der Waals surface area contributed by atoms with E-state index in [1.54, 1.807) is 6.92 Å². The van der Waals surface area contributed by atoms with Gasteiger partial charge in [0, 0.05) is 27.5 Å². The van der Waals surface area contributed by atoms with Crippen molar-refractivity contribution >= 4 is 34.2 Å². The number of aromatic nitrogens is 2. The first-order valence-corrected chi connectivity index (χ1v) is 8.98. The first-order valence-electron chi connectivity index (χ1n) is 8.60. The molecule has 0 bridgehead atoms. The number of carbonyl (C=O) groups excluding carboxylic acids is 1. The number of nitrogens with zero attached hydrogens (tertiary/aromatic N) is 2. The van der Waals surface area contributed by atoms with Gasteiger partial charge >= 0.3 is 5.97 Å². The molecule has 1 aromatic heterocycles. The molecule has 3 rings (SSSR count). The van der Waals surface area contributed by atoms with Crippen LogP contribution in [0.25, 0.3) is 22.0 Å². The van der Waals surface area contributed by atoms with E-state index in [0.717, 1.165) is 22.0 Å². The molecule has 1 heterocycles. The summed E-state index contributed by atoms with van der Waals surface area (Å²) in [6.07, 6.45) is 0.962. The van der Waals surface area contributed by atoms with Gasteiger partial charge < -0.3 is 27.5 Å². The molecular weight excluding hydrogens is 430 g/mol. The lowest BCUT2D eigenvalue weighted by molar-refractivity contribution is -0.741. The summed E-state index contributed by atoms with van der Waals surface area (Å²) >= 11 is 6.04. The topological polar surface area (TPSA) is 69.1 Å².